The van der Waals surface area contributed by atoms with Gasteiger partial charge >= 0.3 is 11.9 Å². The standard InChI is InChI=1S/C10H9ClF2O3/c1-15-8-4-3-6(11)5-7(8)10(12,13)9(14)16-2/h3-5H,1-2H3. The molecule has 0 amide bonds. The maximum atomic E-state index is 13.6. The van der Waals surface area contributed by atoms with Crippen LogP contribution in [0.4, 0.5) is 8.78 Å². The van der Waals surface area contributed by atoms with Crippen LogP contribution < -0.4 is 4.74 Å². The van der Waals surface area contributed by atoms with E-state index in [-0.39, 0.29) is 10.8 Å². The molecule has 1 aromatic rings. The van der Waals surface area contributed by atoms with Gasteiger partial charge in [-0.15, -0.1) is 0 Å². The van der Waals surface area contributed by atoms with E-state index in [1.54, 1.807) is 0 Å². The number of esters is 1. The first-order chi connectivity index (χ1) is 7.43. The largest absolute Gasteiger partial charge is 0.496 e. The van der Waals surface area contributed by atoms with E-state index in [1.165, 1.54) is 19.2 Å². The molecule has 6 heteroatoms. The molecule has 0 atom stereocenters. The molecule has 0 saturated heterocycles. The van der Waals surface area contributed by atoms with Crippen LogP contribution in [0.3, 0.4) is 0 Å². The molecule has 0 bridgehead atoms. The third kappa shape index (κ3) is 2.24. The predicted octanol–water partition coefficient (Wildman–Crippen LogP) is 2.61. The molecule has 0 aliphatic carbocycles. The fourth-order valence-electron chi connectivity index (χ4n) is 1.16. The quantitative estimate of drug-likeness (QED) is 0.774. The van der Waals surface area contributed by atoms with Gasteiger partial charge in [-0.3, -0.25) is 0 Å². The van der Waals surface area contributed by atoms with Gasteiger partial charge in [0, 0.05) is 5.02 Å². The van der Waals surface area contributed by atoms with Crippen LogP contribution in [0.5, 0.6) is 5.75 Å². The molecular weight excluding hydrogens is 242 g/mol. The molecule has 16 heavy (non-hydrogen) atoms. The summed E-state index contributed by atoms with van der Waals surface area (Å²) in [5, 5.41) is 0.0828. The lowest BCUT2D eigenvalue weighted by atomic mass is 10.1. The maximum Gasteiger partial charge on any atom is 0.381 e. The molecule has 0 N–H and O–H groups in total. The van der Waals surface area contributed by atoms with Crippen molar-refractivity contribution in [3.05, 3.63) is 28.8 Å². The lowest BCUT2D eigenvalue weighted by molar-refractivity contribution is -0.170. The van der Waals surface area contributed by atoms with Crippen molar-refractivity contribution >= 4 is 17.6 Å². The Morgan fingerprint density at radius 2 is 2.00 bits per heavy atom. The van der Waals surface area contributed by atoms with Gasteiger partial charge in [0.25, 0.3) is 0 Å². The Morgan fingerprint density at radius 1 is 1.38 bits per heavy atom. The van der Waals surface area contributed by atoms with Crippen molar-refractivity contribution in [3.8, 4) is 5.75 Å². The smallest absolute Gasteiger partial charge is 0.381 e. The molecule has 0 aliphatic heterocycles. The number of ether oxygens (including phenoxy) is 2. The summed E-state index contributed by atoms with van der Waals surface area (Å²) < 4.78 is 35.9. The third-order valence-corrected chi connectivity index (χ3v) is 2.18. The molecule has 0 unspecified atom stereocenters. The number of methoxy groups -OCH3 is 2. The first-order valence-electron chi connectivity index (χ1n) is 4.23. The van der Waals surface area contributed by atoms with Gasteiger partial charge in [-0.2, -0.15) is 8.78 Å². The van der Waals surface area contributed by atoms with Crippen LogP contribution in [-0.2, 0) is 15.5 Å². The SMILES string of the molecule is COC(=O)C(F)(F)c1cc(Cl)ccc1OC. The first kappa shape index (κ1) is 12.7. The van der Waals surface area contributed by atoms with Crippen molar-refractivity contribution in [2.75, 3.05) is 14.2 Å². The number of alkyl halides is 2. The van der Waals surface area contributed by atoms with E-state index >= 15 is 0 Å². The number of hydrogen-bond acceptors (Lipinski definition) is 3. The average Bonchev–Trinajstić information content (AvgIpc) is 2.27. The second-order valence-electron chi connectivity index (χ2n) is 2.91. The van der Waals surface area contributed by atoms with Gasteiger partial charge in [0.15, 0.2) is 0 Å². The minimum atomic E-state index is -3.79. The van der Waals surface area contributed by atoms with Gasteiger partial charge in [-0.05, 0) is 18.2 Å². The lowest BCUT2D eigenvalue weighted by Crippen LogP contribution is -2.27. The van der Waals surface area contributed by atoms with Crippen LogP contribution in [0.25, 0.3) is 0 Å². The van der Waals surface area contributed by atoms with E-state index in [2.05, 4.69) is 4.74 Å². The molecule has 0 radical (unpaired) electrons. The highest BCUT2D eigenvalue weighted by atomic mass is 35.5. The Bertz CT molecular complexity index is 407. The van der Waals surface area contributed by atoms with Crippen LogP contribution in [0, 0.1) is 0 Å². The number of carbonyl (C=O) groups excluding carboxylic acids is 1. The topological polar surface area (TPSA) is 35.5 Å². The van der Waals surface area contributed by atoms with E-state index in [0.29, 0.717) is 0 Å². The third-order valence-electron chi connectivity index (χ3n) is 1.94. The summed E-state index contributed by atoms with van der Waals surface area (Å²) >= 11 is 5.59. The minimum absolute atomic E-state index is 0.0828. The van der Waals surface area contributed by atoms with E-state index < -0.39 is 17.5 Å². The summed E-state index contributed by atoms with van der Waals surface area (Å²) in [6, 6.07) is 3.61. The highest BCUT2D eigenvalue weighted by Crippen LogP contribution is 2.37. The first-order valence-corrected chi connectivity index (χ1v) is 4.61. The Morgan fingerprint density at radius 3 is 2.50 bits per heavy atom. The number of rotatable bonds is 3. The highest BCUT2D eigenvalue weighted by molar-refractivity contribution is 6.30. The molecule has 0 aliphatic rings. The molecule has 0 aromatic heterocycles. The Balaban J connectivity index is 3.30. The molecule has 1 rings (SSSR count). The van der Waals surface area contributed by atoms with Crippen molar-refractivity contribution in [1.82, 2.24) is 0 Å². The Labute approximate surface area is 95.9 Å². The number of hydrogen-bond donors (Lipinski definition) is 0. The lowest BCUT2D eigenvalue weighted by Gasteiger charge is -2.17. The zero-order valence-corrected chi connectivity index (χ0v) is 9.35. The monoisotopic (exact) mass is 250 g/mol. The van der Waals surface area contributed by atoms with Gasteiger partial charge in [-0.1, -0.05) is 11.6 Å². The van der Waals surface area contributed by atoms with E-state index in [4.69, 9.17) is 16.3 Å². The van der Waals surface area contributed by atoms with E-state index in [1.807, 2.05) is 0 Å². The van der Waals surface area contributed by atoms with Crippen molar-refractivity contribution < 1.29 is 23.0 Å². The average molecular weight is 251 g/mol. The molecule has 0 fully saturated rings. The second-order valence-corrected chi connectivity index (χ2v) is 3.35. The van der Waals surface area contributed by atoms with Gasteiger partial charge in [-0.25, -0.2) is 4.79 Å². The van der Waals surface area contributed by atoms with Gasteiger partial charge in [0.05, 0.1) is 19.8 Å². The number of carbonyl (C=O) groups is 1. The van der Waals surface area contributed by atoms with Crippen LogP contribution in [0.2, 0.25) is 5.02 Å². The molecule has 0 heterocycles. The Hall–Kier alpha value is -1.36. The van der Waals surface area contributed by atoms with E-state index in [0.717, 1.165) is 13.2 Å². The zero-order valence-electron chi connectivity index (χ0n) is 8.59. The fraction of sp³-hybridized carbons (Fsp3) is 0.300. The number of benzene rings is 1. The molecule has 0 spiro atoms. The second kappa shape index (κ2) is 4.65. The molecule has 0 saturated carbocycles. The van der Waals surface area contributed by atoms with Crippen molar-refractivity contribution in [3.63, 3.8) is 0 Å². The van der Waals surface area contributed by atoms with Crippen LogP contribution in [0.1, 0.15) is 5.56 Å². The van der Waals surface area contributed by atoms with Crippen molar-refractivity contribution in [2.24, 2.45) is 0 Å². The molecular formula is C10H9ClF2O3. The van der Waals surface area contributed by atoms with Crippen LogP contribution in [0.15, 0.2) is 18.2 Å². The summed E-state index contributed by atoms with van der Waals surface area (Å²) in [5.41, 5.74) is -0.616. The van der Waals surface area contributed by atoms with E-state index in [9.17, 15) is 13.6 Å². The molecule has 3 nitrogen and oxygen atoms in total. The molecule has 88 valence electrons. The summed E-state index contributed by atoms with van der Waals surface area (Å²) in [4.78, 5) is 10.9. The van der Waals surface area contributed by atoms with Crippen LogP contribution in [-0.4, -0.2) is 20.2 Å². The number of halogens is 3. The summed E-state index contributed by atoms with van der Waals surface area (Å²) in [5.74, 6) is -5.57. The van der Waals surface area contributed by atoms with Gasteiger partial charge in [0.1, 0.15) is 5.75 Å². The van der Waals surface area contributed by atoms with Crippen molar-refractivity contribution in [2.45, 2.75) is 5.92 Å². The maximum absolute atomic E-state index is 13.6. The van der Waals surface area contributed by atoms with Crippen molar-refractivity contribution in [1.29, 1.82) is 0 Å². The summed E-state index contributed by atoms with van der Waals surface area (Å²) in [6.07, 6.45) is 0. The van der Waals surface area contributed by atoms with Gasteiger partial charge in [0.2, 0.25) is 0 Å². The summed E-state index contributed by atoms with van der Waals surface area (Å²) in [7, 11) is 2.10. The van der Waals surface area contributed by atoms with Gasteiger partial charge < -0.3 is 9.47 Å². The highest BCUT2D eigenvalue weighted by Gasteiger charge is 2.44. The summed E-state index contributed by atoms with van der Waals surface area (Å²) in [6.45, 7) is 0. The minimum Gasteiger partial charge on any atom is -0.496 e. The van der Waals surface area contributed by atoms with Crippen LogP contribution >= 0.6 is 11.6 Å². The Kier molecular flexibility index (Phi) is 3.70. The predicted molar refractivity (Wildman–Crippen MR) is 53.9 cm³/mol. The molecule has 1 aromatic carbocycles. The zero-order chi connectivity index (χ0) is 12.3. The normalized spacial score (nSPS) is 11.1. The fourth-order valence-corrected chi connectivity index (χ4v) is 1.34.